The fourth-order valence-corrected chi connectivity index (χ4v) is 2.44. The summed E-state index contributed by atoms with van der Waals surface area (Å²) in [7, 11) is 0. The van der Waals surface area contributed by atoms with Crippen LogP contribution in [0, 0.1) is 11.3 Å². The van der Waals surface area contributed by atoms with Crippen LogP contribution >= 0.6 is 11.6 Å². The number of nitriles is 1. The van der Waals surface area contributed by atoms with Crippen molar-refractivity contribution in [3.63, 3.8) is 0 Å². The average Bonchev–Trinajstić information content (AvgIpc) is 2.46. The summed E-state index contributed by atoms with van der Waals surface area (Å²) >= 11 is 5.88. The molecule has 0 saturated heterocycles. The van der Waals surface area contributed by atoms with Crippen LogP contribution in [-0.4, -0.2) is 10.1 Å². The maximum atomic E-state index is 12.1. The number of nitrogens with zero attached hydrogens (tertiary/aromatic N) is 1. The second-order valence-corrected chi connectivity index (χ2v) is 4.99. The molecule has 0 fully saturated rings. The molecule has 1 heterocycles. The first-order valence-corrected chi connectivity index (χ1v) is 6.53. The highest BCUT2D eigenvalue weighted by molar-refractivity contribution is 6.30. The maximum Gasteiger partial charge on any atom is 0.266 e. The number of fused-ring (bicyclic) bond motifs is 1. The smallest absolute Gasteiger partial charge is 0.266 e. The summed E-state index contributed by atoms with van der Waals surface area (Å²) in [5.41, 5.74) is 1.28. The van der Waals surface area contributed by atoms with E-state index in [1.807, 2.05) is 6.07 Å². The van der Waals surface area contributed by atoms with E-state index in [4.69, 9.17) is 11.6 Å². The molecule has 0 unspecified atom stereocenters. The largest absolute Gasteiger partial charge is 0.508 e. The highest BCUT2D eigenvalue weighted by atomic mass is 35.5. The molecule has 3 aromatic rings. The third-order valence-electron chi connectivity index (χ3n) is 3.24. The van der Waals surface area contributed by atoms with Gasteiger partial charge in [0.05, 0.1) is 5.52 Å². The highest BCUT2D eigenvalue weighted by Gasteiger charge is 2.14. The number of aromatic hydroxyl groups is 1. The topological polar surface area (TPSA) is 76.9 Å². The van der Waals surface area contributed by atoms with Gasteiger partial charge in [-0.05, 0) is 29.8 Å². The van der Waals surface area contributed by atoms with E-state index in [1.54, 1.807) is 30.3 Å². The van der Waals surface area contributed by atoms with Crippen LogP contribution < -0.4 is 5.56 Å². The van der Waals surface area contributed by atoms with Crippen LogP contribution in [0.2, 0.25) is 5.02 Å². The number of hydrogen-bond donors (Lipinski definition) is 2. The Morgan fingerprint density at radius 1 is 1.14 bits per heavy atom. The van der Waals surface area contributed by atoms with E-state index in [-0.39, 0.29) is 11.3 Å². The van der Waals surface area contributed by atoms with E-state index in [2.05, 4.69) is 4.98 Å². The number of phenols is 1. The Hall–Kier alpha value is -2.77. The van der Waals surface area contributed by atoms with E-state index in [1.165, 1.54) is 12.1 Å². The summed E-state index contributed by atoms with van der Waals surface area (Å²) in [5, 5.41) is 20.1. The lowest BCUT2D eigenvalue weighted by molar-refractivity contribution is 0.476. The normalized spacial score (nSPS) is 10.5. The van der Waals surface area contributed by atoms with Crippen molar-refractivity contribution in [3.05, 3.63) is 63.4 Å². The molecule has 1 aromatic heterocycles. The summed E-state index contributed by atoms with van der Waals surface area (Å²) in [4.78, 5) is 14.7. The van der Waals surface area contributed by atoms with Crippen LogP contribution in [0.5, 0.6) is 5.75 Å². The molecule has 21 heavy (non-hydrogen) atoms. The van der Waals surface area contributed by atoms with E-state index < -0.39 is 5.56 Å². The number of aromatic amines is 1. The van der Waals surface area contributed by atoms with Crippen LogP contribution in [0.3, 0.4) is 0 Å². The first-order valence-electron chi connectivity index (χ1n) is 6.15. The molecule has 3 rings (SSSR count). The minimum atomic E-state index is -0.486. The molecule has 5 heteroatoms. The van der Waals surface area contributed by atoms with Gasteiger partial charge in [0.1, 0.15) is 17.4 Å². The number of aromatic nitrogens is 1. The van der Waals surface area contributed by atoms with E-state index >= 15 is 0 Å². The van der Waals surface area contributed by atoms with Crippen LogP contribution in [0.25, 0.3) is 22.0 Å². The molecule has 2 N–H and O–H groups in total. The lowest BCUT2D eigenvalue weighted by Crippen LogP contribution is -2.12. The molecule has 0 amide bonds. The molecule has 0 bridgehead atoms. The third kappa shape index (κ3) is 2.24. The Kier molecular flexibility index (Phi) is 3.13. The molecular weight excluding hydrogens is 288 g/mol. The van der Waals surface area contributed by atoms with Gasteiger partial charge in [0.2, 0.25) is 0 Å². The molecule has 4 nitrogen and oxygen atoms in total. The van der Waals surface area contributed by atoms with E-state index in [9.17, 15) is 15.2 Å². The summed E-state index contributed by atoms with van der Waals surface area (Å²) in [6, 6.07) is 13.5. The van der Waals surface area contributed by atoms with Crippen molar-refractivity contribution in [2.45, 2.75) is 0 Å². The number of rotatable bonds is 1. The Bertz CT molecular complexity index is 937. The second-order valence-electron chi connectivity index (χ2n) is 4.55. The average molecular weight is 297 g/mol. The third-order valence-corrected chi connectivity index (χ3v) is 3.49. The minimum Gasteiger partial charge on any atom is -0.508 e. The summed E-state index contributed by atoms with van der Waals surface area (Å²) in [6.07, 6.45) is 0. The zero-order chi connectivity index (χ0) is 15.0. The quantitative estimate of drug-likeness (QED) is 0.722. The monoisotopic (exact) mass is 296 g/mol. The summed E-state index contributed by atoms with van der Waals surface area (Å²) in [5.74, 6) is 0.0462. The fourth-order valence-electron chi connectivity index (χ4n) is 2.31. The number of H-pyrrole nitrogens is 1. The van der Waals surface area contributed by atoms with Gasteiger partial charge in [-0.25, -0.2) is 0 Å². The second kappa shape index (κ2) is 4.97. The molecular formula is C16H9ClN2O2. The van der Waals surface area contributed by atoms with Gasteiger partial charge in [-0.3, -0.25) is 4.79 Å². The van der Waals surface area contributed by atoms with Gasteiger partial charge in [0.15, 0.2) is 0 Å². The van der Waals surface area contributed by atoms with Gasteiger partial charge >= 0.3 is 0 Å². The van der Waals surface area contributed by atoms with E-state index in [0.29, 0.717) is 21.5 Å². The van der Waals surface area contributed by atoms with Gasteiger partial charge in [0, 0.05) is 22.0 Å². The predicted molar refractivity (Wildman–Crippen MR) is 81.4 cm³/mol. The van der Waals surface area contributed by atoms with Crippen LogP contribution in [0.1, 0.15) is 5.56 Å². The number of pyridine rings is 1. The van der Waals surface area contributed by atoms with Gasteiger partial charge in [-0.2, -0.15) is 5.26 Å². The number of benzene rings is 2. The molecule has 2 aromatic carbocycles. The molecule has 0 spiro atoms. The Balaban J connectivity index is 2.46. The number of halogens is 1. The lowest BCUT2D eigenvalue weighted by Gasteiger charge is -2.09. The zero-order valence-electron chi connectivity index (χ0n) is 10.7. The predicted octanol–water partition coefficient (Wildman–Crippen LogP) is 3.43. The molecule has 0 atom stereocenters. The van der Waals surface area contributed by atoms with Crippen LogP contribution in [0.15, 0.2) is 47.3 Å². The maximum absolute atomic E-state index is 12.1. The van der Waals surface area contributed by atoms with Gasteiger partial charge in [-0.1, -0.05) is 23.7 Å². The molecule has 0 radical (unpaired) electrons. The zero-order valence-corrected chi connectivity index (χ0v) is 11.5. The van der Waals surface area contributed by atoms with Crippen molar-refractivity contribution in [2.75, 3.05) is 0 Å². The lowest BCUT2D eigenvalue weighted by atomic mass is 9.97. The van der Waals surface area contributed by atoms with Crippen molar-refractivity contribution in [1.29, 1.82) is 5.26 Å². The number of nitrogens with one attached hydrogen (secondary N) is 1. The Labute approximate surface area is 124 Å². The number of phenolic OH excluding ortho intramolecular Hbond substituents is 1. The van der Waals surface area contributed by atoms with Gasteiger partial charge in [0.25, 0.3) is 5.56 Å². The highest BCUT2D eigenvalue weighted by Crippen LogP contribution is 2.31. The molecule has 0 saturated carbocycles. The summed E-state index contributed by atoms with van der Waals surface area (Å²) in [6.45, 7) is 0. The van der Waals surface area contributed by atoms with Gasteiger partial charge in [-0.15, -0.1) is 0 Å². The molecule has 0 aliphatic heterocycles. The molecule has 0 aliphatic carbocycles. The van der Waals surface area contributed by atoms with Crippen molar-refractivity contribution < 1.29 is 5.11 Å². The van der Waals surface area contributed by atoms with Crippen molar-refractivity contribution in [3.8, 4) is 22.9 Å². The number of hydrogen-bond acceptors (Lipinski definition) is 3. The van der Waals surface area contributed by atoms with Crippen molar-refractivity contribution in [2.24, 2.45) is 0 Å². The summed E-state index contributed by atoms with van der Waals surface area (Å²) < 4.78 is 0. The first-order chi connectivity index (χ1) is 10.1. The molecule has 102 valence electrons. The first kappa shape index (κ1) is 13.2. The molecule has 0 aliphatic rings. The Morgan fingerprint density at radius 2 is 1.86 bits per heavy atom. The Morgan fingerprint density at radius 3 is 2.52 bits per heavy atom. The van der Waals surface area contributed by atoms with Crippen LogP contribution in [0.4, 0.5) is 0 Å². The minimum absolute atomic E-state index is 0.0375. The van der Waals surface area contributed by atoms with Gasteiger partial charge < -0.3 is 10.1 Å². The standard InChI is InChI=1S/C16H9ClN2O2/c17-10-3-1-9(2-4-10)15-12-6-5-11(20)7-14(12)19-16(21)13(15)8-18/h1-7,20H,(H,19,21). The van der Waals surface area contributed by atoms with E-state index in [0.717, 1.165) is 5.56 Å². The van der Waals surface area contributed by atoms with Crippen molar-refractivity contribution >= 4 is 22.5 Å². The van der Waals surface area contributed by atoms with Crippen molar-refractivity contribution in [1.82, 2.24) is 4.98 Å². The van der Waals surface area contributed by atoms with Crippen LogP contribution in [-0.2, 0) is 0 Å². The fraction of sp³-hybridized carbons (Fsp3) is 0. The SMILES string of the molecule is N#Cc1c(-c2ccc(Cl)cc2)c2ccc(O)cc2[nH]c1=O.